The number of aliphatic carboxylic acids is 1. The molecular weight excluding hydrogens is 727 g/mol. The second-order valence-corrected chi connectivity index (χ2v) is 17.4. The average molecular weight is 818 g/mol. The summed E-state index contributed by atoms with van der Waals surface area (Å²) in [7, 11) is 5.40. The van der Waals surface area contributed by atoms with Crippen molar-refractivity contribution in [2.75, 3.05) is 41.0 Å². The van der Waals surface area contributed by atoms with Crippen molar-refractivity contribution in [2.45, 2.75) is 225 Å². The molecule has 0 aromatic carbocycles. The molecule has 338 valence electrons. The van der Waals surface area contributed by atoms with Crippen molar-refractivity contribution in [3.8, 4) is 0 Å². The molecule has 0 bridgehead atoms. The first-order valence-electron chi connectivity index (χ1n) is 24.0. The minimum Gasteiger partial charge on any atom is -0.544 e. The number of hydrogen-bond acceptors (Lipinski definition) is 7. The average Bonchev–Trinajstić information content (AvgIpc) is 3.18. The molecule has 0 saturated carbocycles. The maximum absolute atomic E-state index is 12.7. The molecule has 0 aromatic heterocycles. The number of rotatable bonds is 43. The Kier molecular flexibility index (Phi) is 39.5. The van der Waals surface area contributed by atoms with E-state index in [0.29, 0.717) is 6.42 Å². The Labute approximate surface area is 357 Å². The summed E-state index contributed by atoms with van der Waals surface area (Å²) in [6.07, 6.45) is 47.6. The molecule has 0 N–H and O–H groups in total. The first kappa shape index (κ1) is 55.5. The second-order valence-electron chi connectivity index (χ2n) is 17.4. The molecular formula is C50H91NO7. The minimum absolute atomic E-state index is 0.0295. The Morgan fingerprint density at radius 2 is 0.931 bits per heavy atom. The highest BCUT2D eigenvalue weighted by molar-refractivity contribution is 5.70. The van der Waals surface area contributed by atoms with Crippen molar-refractivity contribution in [1.29, 1.82) is 0 Å². The molecule has 0 aromatic rings. The van der Waals surface area contributed by atoms with E-state index in [4.69, 9.17) is 14.2 Å². The SMILES string of the molecule is CCCC/C=C/C=C/CCCCCC(=O)OC(COCCC(C(=O)[O-])[N+](C)(C)C)COC(=O)CCCCCCCCC/C=C/CCCCCCCCCCCCCC. The lowest BCUT2D eigenvalue weighted by Crippen LogP contribution is -2.55. The Morgan fingerprint density at radius 1 is 0.517 bits per heavy atom. The molecule has 0 rings (SSSR count). The summed E-state index contributed by atoms with van der Waals surface area (Å²) in [5.41, 5.74) is 0. The summed E-state index contributed by atoms with van der Waals surface area (Å²) >= 11 is 0. The van der Waals surface area contributed by atoms with Gasteiger partial charge in [0.25, 0.3) is 0 Å². The molecule has 58 heavy (non-hydrogen) atoms. The maximum Gasteiger partial charge on any atom is 0.306 e. The van der Waals surface area contributed by atoms with Gasteiger partial charge >= 0.3 is 11.9 Å². The predicted molar refractivity (Wildman–Crippen MR) is 240 cm³/mol. The van der Waals surface area contributed by atoms with E-state index in [-0.39, 0.29) is 49.1 Å². The van der Waals surface area contributed by atoms with Crippen LogP contribution in [-0.4, -0.2) is 75.5 Å². The van der Waals surface area contributed by atoms with Crippen LogP contribution in [-0.2, 0) is 28.6 Å². The summed E-state index contributed by atoms with van der Waals surface area (Å²) < 4.78 is 17.1. The van der Waals surface area contributed by atoms with Gasteiger partial charge in [-0.05, 0) is 57.8 Å². The van der Waals surface area contributed by atoms with Gasteiger partial charge in [0.15, 0.2) is 6.10 Å². The van der Waals surface area contributed by atoms with E-state index >= 15 is 0 Å². The van der Waals surface area contributed by atoms with Crippen molar-refractivity contribution >= 4 is 17.9 Å². The lowest BCUT2D eigenvalue weighted by atomic mass is 10.0. The van der Waals surface area contributed by atoms with Crippen LogP contribution in [0, 0.1) is 0 Å². The van der Waals surface area contributed by atoms with Gasteiger partial charge in [-0.1, -0.05) is 172 Å². The van der Waals surface area contributed by atoms with E-state index in [0.717, 1.165) is 51.4 Å². The van der Waals surface area contributed by atoms with Gasteiger partial charge in [-0.25, -0.2) is 0 Å². The lowest BCUT2D eigenvalue weighted by Gasteiger charge is -2.34. The normalized spacial score (nSPS) is 13.2. The fraction of sp³-hybridized carbons (Fsp3) is 0.820. The van der Waals surface area contributed by atoms with Crippen molar-refractivity contribution in [2.24, 2.45) is 0 Å². The smallest absolute Gasteiger partial charge is 0.306 e. The largest absolute Gasteiger partial charge is 0.544 e. The van der Waals surface area contributed by atoms with Crippen molar-refractivity contribution in [3.63, 3.8) is 0 Å². The Morgan fingerprint density at radius 3 is 1.41 bits per heavy atom. The molecule has 0 amide bonds. The molecule has 8 nitrogen and oxygen atoms in total. The molecule has 0 spiro atoms. The summed E-state index contributed by atoms with van der Waals surface area (Å²) in [5.74, 6) is -1.77. The van der Waals surface area contributed by atoms with Gasteiger partial charge < -0.3 is 28.6 Å². The highest BCUT2D eigenvalue weighted by Crippen LogP contribution is 2.15. The van der Waals surface area contributed by atoms with Crippen molar-refractivity contribution in [3.05, 3.63) is 36.5 Å². The number of ether oxygens (including phenoxy) is 3. The number of nitrogens with zero attached hydrogens (tertiary/aromatic N) is 1. The number of likely N-dealkylation sites (N-methyl/N-ethyl adjacent to an activating group) is 1. The summed E-state index contributed by atoms with van der Waals surface area (Å²) in [6.45, 7) is 4.59. The Bertz CT molecular complexity index is 1050. The van der Waals surface area contributed by atoms with E-state index in [1.807, 2.05) is 0 Å². The molecule has 0 heterocycles. The monoisotopic (exact) mass is 818 g/mol. The summed E-state index contributed by atoms with van der Waals surface area (Å²) in [4.78, 5) is 36.8. The van der Waals surface area contributed by atoms with E-state index in [1.54, 1.807) is 21.1 Å². The fourth-order valence-electron chi connectivity index (χ4n) is 6.98. The number of carbonyl (C=O) groups is 3. The lowest BCUT2D eigenvalue weighted by molar-refractivity contribution is -0.889. The Balaban J connectivity index is 4.19. The van der Waals surface area contributed by atoms with Crippen LogP contribution in [0.3, 0.4) is 0 Å². The third-order valence-corrected chi connectivity index (χ3v) is 10.8. The maximum atomic E-state index is 12.7. The first-order valence-corrected chi connectivity index (χ1v) is 24.0. The number of allylic oxidation sites excluding steroid dienone is 6. The quantitative estimate of drug-likeness (QED) is 0.0198. The van der Waals surface area contributed by atoms with Crippen LogP contribution in [0.5, 0.6) is 0 Å². The van der Waals surface area contributed by atoms with Gasteiger partial charge in [-0.15, -0.1) is 0 Å². The molecule has 0 radical (unpaired) electrons. The zero-order valence-corrected chi connectivity index (χ0v) is 38.5. The molecule has 0 aliphatic carbocycles. The highest BCUT2D eigenvalue weighted by atomic mass is 16.6. The van der Waals surface area contributed by atoms with Crippen LogP contribution in [0.2, 0.25) is 0 Å². The van der Waals surface area contributed by atoms with Crippen LogP contribution >= 0.6 is 0 Å². The summed E-state index contributed by atoms with van der Waals surface area (Å²) in [5, 5.41) is 11.6. The van der Waals surface area contributed by atoms with Gasteiger partial charge in [0, 0.05) is 19.3 Å². The number of unbranched alkanes of at least 4 members (excludes halogenated alkanes) is 24. The molecule has 0 fully saturated rings. The number of quaternary nitrogens is 1. The van der Waals surface area contributed by atoms with Gasteiger partial charge in [0.05, 0.1) is 40.3 Å². The third-order valence-electron chi connectivity index (χ3n) is 10.8. The molecule has 8 heteroatoms. The minimum atomic E-state index is -1.13. The molecule has 2 atom stereocenters. The van der Waals surface area contributed by atoms with Gasteiger partial charge in [0.1, 0.15) is 12.6 Å². The summed E-state index contributed by atoms with van der Waals surface area (Å²) in [6, 6.07) is -0.730. The van der Waals surface area contributed by atoms with Crippen LogP contribution in [0.4, 0.5) is 0 Å². The number of esters is 2. The van der Waals surface area contributed by atoms with Gasteiger partial charge in [0.2, 0.25) is 0 Å². The molecule has 0 aliphatic heterocycles. The highest BCUT2D eigenvalue weighted by Gasteiger charge is 2.25. The van der Waals surface area contributed by atoms with Crippen LogP contribution < -0.4 is 5.11 Å². The Hall–Kier alpha value is -2.45. The number of carbonyl (C=O) groups excluding carboxylic acids is 3. The first-order chi connectivity index (χ1) is 28.1. The zero-order valence-electron chi connectivity index (χ0n) is 38.5. The van der Waals surface area contributed by atoms with E-state index in [1.165, 1.54) is 128 Å². The zero-order chi connectivity index (χ0) is 42.8. The van der Waals surface area contributed by atoms with Gasteiger partial charge in [-0.2, -0.15) is 0 Å². The van der Waals surface area contributed by atoms with Crippen LogP contribution in [0.1, 0.15) is 213 Å². The van der Waals surface area contributed by atoms with Crippen LogP contribution in [0.25, 0.3) is 0 Å². The molecule has 0 aliphatic rings. The number of hydrogen-bond donors (Lipinski definition) is 0. The van der Waals surface area contributed by atoms with Gasteiger partial charge in [-0.3, -0.25) is 9.59 Å². The molecule has 0 saturated heterocycles. The van der Waals surface area contributed by atoms with Crippen molar-refractivity contribution < 1.29 is 38.2 Å². The topological polar surface area (TPSA) is 102 Å². The molecule has 2 unspecified atom stereocenters. The fourth-order valence-corrected chi connectivity index (χ4v) is 6.98. The number of carboxylic acids is 1. The predicted octanol–water partition coefficient (Wildman–Crippen LogP) is 12.1. The van der Waals surface area contributed by atoms with E-state index in [2.05, 4.69) is 50.3 Å². The number of carboxylic acid groups (broad SMARTS) is 1. The van der Waals surface area contributed by atoms with E-state index in [9.17, 15) is 19.5 Å². The van der Waals surface area contributed by atoms with Crippen LogP contribution in [0.15, 0.2) is 36.5 Å². The third kappa shape index (κ3) is 39.0. The standard InChI is InChI=1S/C50H91NO7/c1-6-8-10-12-14-16-18-19-20-21-22-23-24-25-26-27-28-29-31-32-34-36-38-40-48(52)57-45-46(44-56-43-42-47(50(54)55)51(3,4)5)58-49(53)41-39-37-35-33-30-17-15-13-11-9-7-2/h13,15,17,25-26,30,46-47H,6-12,14,16,18-24,27-29,31-45H2,1-5H3/b15-13+,26-25+,30-17+. The van der Waals surface area contributed by atoms with Crippen molar-refractivity contribution in [1.82, 2.24) is 0 Å². The second kappa shape index (κ2) is 41.3. The van der Waals surface area contributed by atoms with E-state index < -0.39 is 18.1 Å².